The van der Waals surface area contributed by atoms with E-state index in [1.165, 1.54) is 6.21 Å². The smallest absolute Gasteiger partial charge is 0.325 e. The van der Waals surface area contributed by atoms with Crippen molar-refractivity contribution in [1.29, 1.82) is 0 Å². The monoisotopic (exact) mass is 291 g/mol. The Balaban J connectivity index is 2.96. The summed E-state index contributed by atoms with van der Waals surface area (Å²) in [5.74, 6) is -2.42. The van der Waals surface area contributed by atoms with Gasteiger partial charge in [-0.25, -0.2) is 0 Å². The quantitative estimate of drug-likeness (QED) is 0.440. The molecule has 114 valence electrons. The number of ether oxygens (including phenoxy) is 2. The van der Waals surface area contributed by atoms with Gasteiger partial charge in [-0.15, -0.1) is 0 Å². The molecule has 1 rings (SSSR count). The minimum Gasteiger partial charge on any atom is -0.465 e. The van der Waals surface area contributed by atoms with Crippen LogP contribution in [0.5, 0.6) is 0 Å². The van der Waals surface area contributed by atoms with Crippen LogP contribution >= 0.6 is 0 Å². The Morgan fingerprint density at radius 2 is 1.67 bits per heavy atom. The van der Waals surface area contributed by atoms with Gasteiger partial charge in [-0.3, -0.25) is 14.6 Å². The topological polar surface area (TPSA) is 65.0 Å². The summed E-state index contributed by atoms with van der Waals surface area (Å²) in [6.45, 7) is 5.79. The summed E-state index contributed by atoms with van der Waals surface area (Å²) in [7, 11) is 0. The normalized spacial score (nSPS) is 10.9. The number of hydrogen-bond donors (Lipinski definition) is 0. The van der Waals surface area contributed by atoms with Gasteiger partial charge in [-0.05, 0) is 31.9 Å². The summed E-state index contributed by atoms with van der Waals surface area (Å²) in [4.78, 5) is 27.9. The van der Waals surface area contributed by atoms with Crippen molar-refractivity contribution in [2.24, 2.45) is 10.9 Å². The molecular formula is C16H21NO4. The highest BCUT2D eigenvalue weighted by molar-refractivity contribution is 6.09. The van der Waals surface area contributed by atoms with Gasteiger partial charge in [-0.1, -0.05) is 25.1 Å². The van der Waals surface area contributed by atoms with Crippen LogP contribution in [0.15, 0.2) is 29.3 Å². The molecule has 0 heterocycles. The predicted molar refractivity (Wildman–Crippen MR) is 80.7 cm³/mol. The third kappa shape index (κ3) is 5.02. The molecule has 0 aliphatic carbocycles. The van der Waals surface area contributed by atoms with E-state index in [9.17, 15) is 9.59 Å². The number of para-hydroxylation sites is 1. The van der Waals surface area contributed by atoms with E-state index in [-0.39, 0.29) is 13.2 Å². The van der Waals surface area contributed by atoms with Crippen molar-refractivity contribution in [3.05, 3.63) is 29.8 Å². The molecule has 5 nitrogen and oxygen atoms in total. The molecular weight excluding hydrogens is 270 g/mol. The van der Waals surface area contributed by atoms with Crippen molar-refractivity contribution in [2.45, 2.75) is 27.2 Å². The first-order chi connectivity index (χ1) is 10.1. The van der Waals surface area contributed by atoms with Crippen LogP contribution in [0.2, 0.25) is 0 Å². The summed E-state index contributed by atoms with van der Waals surface area (Å²) in [5, 5.41) is 0. The Hall–Kier alpha value is -2.17. The molecule has 0 aromatic heterocycles. The molecule has 21 heavy (non-hydrogen) atoms. The molecule has 0 saturated heterocycles. The van der Waals surface area contributed by atoms with Gasteiger partial charge in [0.25, 0.3) is 0 Å². The van der Waals surface area contributed by atoms with E-state index in [0.717, 1.165) is 17.7 Å². The molecule has 0 aliphatic rings. The van der Waals surface area contributed by atoms with Crippen LogP contribution in [-0.4, -0.2) is 31.4 Å². The molecule has 0 unspecified atom stereocenters. The highest BCUT2D eigenvalue weighted by Crippen LogP contribution is 2.19. The van der Waals surface area contributed by atoms with E-state index >= 15 is 0 Å². The predicted octanol–water partition coefficient (Wildman–Crippen LogP) is 2.69. The highest BCUT2D eigenvalue weighted by atomic mass is 16.6. The first-order valence-electron chi connectivity index (χ1n) is 7.09. The Bertz CT molecular complexity index is 493. The Kier molecular flexibility index (Phi) is 7.15. The molecule has 1 aromatic carbocycles. The molecule has 0 fully saturated rings. The number of carbonyl (C=O) groups excluding carboxylic acids is 2. The van der Waals surface area contributed by atoms with Gasteiger partial charge in [0.2, 0.25) is 0 Å². The number of hydrogen-bond acceptors (Lipinski definition) is 5. The number of esters is 2. The standard InChI is InChI=1S/C16H21NO4/c1-4-12-9-7-8-10-14(12)17-11-13(15(18)20-5-2)16(19)21-6-3/h7-11,13H,4-6H2,1-3H3. The van der Waals surface area contributed by atoms with Gasteiger partial charge < -0.3 is 9.47 Å². The molecule has 0 N–H and O–H groups in total. The van der Waals surface area contributed by atoms with E-state index < -0.39 is 17.9 Å². The Labute approximate surface area is 125 Å². The van der Waals surface area contributed by atoms with Crippen molar-refractivity contribution in [3.63, 3.8) is 0 Å². The van der Waals surface area contributed by atoms with Crippen LogP contribution < -0.4 is 0 Å². The zero-order valence-corrected chi connectivity index (χ0v) is 12.7. The van der Waals surface area contributed by atoms with E-state index in [2.05, 4.69) is 4.99 Å². The lowest BCUT2D eigenvalue weighted by Gasteiger charge is -2.10. The van der Waals surface area contributed by atoms with E-state index in [1.807, 2.05) is 31.2 Å². The number of carbonyl (C=O) groups is 2. The first kappa shape index (κ1) is 16.9. The Morgan fingerprint density at radius 3 is 2.19 bits per heavy atom. The van der Waals surface area contributed by atoms with Crippen LogP contribution in [-0.2, 0) is 25.5 Å². The van der Waals surface area contributed by atoms with E-state index in [0.29, 0.717) is 0 Å². The summed E-state index contributed by atoms with van der Waals surface area (Å²) in [6, 6.07) is 7.57. The minimum absolute atomic E-state index is 0.203. The molecule has 5 heteroatoms. The van der Waals surface area contributed by atoms with Crippen LogP contribution in [0.3, 0.4) is 0 Å². The third-order valence-corrected chi connectivity index (χ3v) is 2.82. The SMILES string of the molecule is CCOC(=O)C(C=Nc1ccccc1CC)C(=O)OCC. The molecule has 1 aromatic rings. The maximum Gasteiger partial charge on any atom is 0.325 e. The minimum atomic E-state index is -1.13. The number of benzene rings is 1. The average Bonchev–Trinajstić information content (AvgIpc) is 2.48. The fourth-order valence-corrected chi connectivity index (χ4v) is 1.77. The van der Waals surface area contributed by atoms with Gasteiger partial charge in [0.1, 0.15) is 0 Å². The van der Waals surface area contributed by atoms with Gasteiger partial charge in [0.05, 0.1) is 18.9 Å². The number of aliphatic imine (C=N–C) groups is 1. The molecule has 0 atom stereocenters. The average molecular weight is 291 g/mol. The number of aryl methyl sites for hydroxylation is 1. The van der Waals surface area contributed by atoms with Crippen molar-refractivity contribution < 1.29 is 19.1 Å². The second-order valence-corrected chi connectivity index (χ2v) is 4.24. The van der Waals surface area contributed by atoms with Gasteiger partial charge in [0.15, 0.2) is 5.92 Å². The highest BCUT2D eigenvalue weighted by Gasteiger charge is 2.27. The molecule has 0 saturated carbocycles. The Morgan fingerprint density at radius 1 is 1.10 bits per heavy atom. The van der Waals surface area contributed by atoms with Gasteiger partial charge >= 0.3 is 11.9 Å². The lowest BCUT2D eigenvalue weighted by Crippen LogP contribution is -2.29. The zero-order valence-electron chi connectivity index (χ0n) is 12.7. The third-order valence-electron chi connectivity index (χ3n) is 2.82. The van der Waals surface area contributed by atoms with Crippen molar-refractivity contribution in [3.8, 4) is 0 Å². The summed E-state index contributed by atoms with van der Waals surface area (Å²) in [5.41, 5.74) is 1.78. The van der Waals surface area contributed by atoms with Crippen molar-refractivity contribution in [1.82, 2.24) is 0 Å². The second kappa shape index (κ2) is 8.89. The first-order valence-corrected chi connectivity index (χ1v) is 7.09. The summed E-state index contributed by atoms with van der Waals surface area (Å²) >= 11 is 0. The van der Waals surface area contributed by atoms with Crippen molar-refractivity contribution in [2.75, 3.05) is 13.2 Å². The molecule has 0 amide bonds. The number of nitrogens with zero attached hydrogens (tertiary/aromatic N) is 1. The van der Waals surface area contributed by atoms with Crippen LogP contribution in [0.4, 0.5) is 5.69 Å². The summed E-state index contributed by atoms with van der Waals surface area (Å²) < 4.78 is 9.77. The fourth-order valence-electron chi connectivity index (χ4n) is 1.77. The largest absolute Gasteiger partial charge is 0.465 e. The van der Waals surface area contributed by atoms with Gasteiger partial charge in [0, 0.05) is 6.21 Å². The van der Waals surface area contributed by atoms with Crippen LogP contribution in [0.25, 0.3) is 0 Å². The maximum absolute atomic E-state index is 11.8. The maximum atomic E-state index is 11.8. The summed E-state index contributed by atoms with van der Waals surface area (Å²) in [6.07, 6.45) is 2.11. The lowest BCUT2D eigenvalue weighted by atomic mass is 10.1. The molecule has 0 spiro atoms. The van der Waals surface area contributed by atoms with Crippen molar-refractivity contribution >= 4 is 23.8 Å². The van der Waals surface area contributed by atoms with E-state index in [4.69, 9.17) is 9.47 Å². The van der Waals surface area contributed by atoms with Crippen LogP contribution in [0.1, 0.15) is 26.3 Å². The zero-order chi connectivity index (χ0) is 15.7. The van der Waals surface area contributed by atoms with Crippen LogP contribution in [0, 0.1) is 5.92 Å². The molecule has 0 aliphatic heterocycles. The lowest BCUT2D eigenvalue weighted by molar-refractivity contribution is -0.157. The molecule has 0 radical (unpaired) electrons. The second-order valence-electron chi connectivity index (χ2n) is 4.24. The van der Waals surface area contributed by atoms with E-state index in [1.54, 1.807) is 13.8 Å². The number of rotatable bonds is 7. The molecule has 0 bridgehead atoms. The fraction of sp³-hybridized carbons (Fsp3) is 0.438. The van der Waals surface area contributed by atoms with Gasteiger partial charge in [-0.2, -0.15) is 0 Å².